The van der Waals surface area contributed by atoms with E-state index >= 15 is 0 Å². The lowest BCUT2D eigenvalue weighted by Gasteiger charge is -2.36. The number of nitrogens with one attached hydrogen (secondary N) is 2. The largest absolute Gasteiger partial charge is 0.361 e. The third kappa shape index (κ3) is 3.53. The minimum absolute atomic E-state index is 0.118. The number of rotatable bonds is 5. The lowest BCUT2D eigenvalue weighted by molar-refractivity contribution is -0.127. The molecule has 5 heteroatoms. The summed E-state index contributed by atoms with van der Waals surface area (Å²) in [5, 5.41) is 6.48. The fourth-order valence-electron chi connectivity index (χ4n) is 3.07. The normalized spacial score (nSPS) is 21.9. The molecule has 0 aliphatic carbocycles. The molecule has 1 unspecified atom stereocenters. The summed E-state index contributed by atoms with van der Waals surface area (Å²) in [5.74, 6) is 0.911. The first-order valence-corrected chi connectivity index (χ1v) is 7.73. The quantitative estimate of drug-likeness (QED) is 0.873. The van der Waals surface area contributed by atoms with Gasteiger partial charge in [-0.2, -0.15) is 0 Å². The number of pyridine rings is 1. The van der Waals surface area contributed by atoms with Crippen molar-refractivity contribution in [2.45, 2.75) is 32.6 Å². The summed E-state index contributed by atoms with van der Waals surface area (Å²) in [7, 11) is 3.87. The minimum Gasteiger partial charge on any atom is -0.361 e. The molecular weight excluding hydrogens is 264 g/mol. The summed E-state index contributed by atoms with van der Waals surface area (Å²) in [5.41, 5.74) is 0.500. The Morgan fingerprint density at radius 2 is 2.33 bits per heavy atom. The van der Waals surface area contributed by atoms with E-state index in [0.29, 0.717) is 0 Å². The third-order valence-electron chi connectivity index (χ3n) is 4.14. The smallest absolute Gasteiger partial charge is 0.231 e. The van der Waals surface area contributed by atoms with Gasteiger partial charge in [0.25, 0.3) is 0 Å². The highest BCUT2D eigenvalue weighted by Gasteiger charge is 2.38. The monoisotopic (exact) mass is 290 g/mol. The number of piperidine rings is 1. The van der Waals surface area contributed by atoms with Gasteiger partial charge in [-0.05, 0) is 37.9 Å². The van der Waals surface area contributed by atoms with Crippen LogP contribution in [0.4, 0.5) is 11.5 Å². The molecule has 0 saturated carbocycles. The van der Waals surface area contributed by atoms with Crippen molar-refractivity contribution in [3.63, 3.8) is 0 Å². The van der Waals surface area contributed by atoms with Gasteiger partial charge in [0.2, 0.25) is 5.91 Å². The van der Waals surface area contributed by atoms with Crippen LogP contribution in [0.5, 0.6) is 0 Å². The Morgan fingerprint density at radius 1 is 1.52 bits per heavy atom. The summed E-state index contributed by atoms with van der Waals surface area (Å²) in [6.45, 7) is 3.91. The Morgan fingerprint density at radius 3 is 2.95 bits per heavy atom. The van der Waals surface area contributed by atoms with Crippen molar-refractivity contribution in [1.29, 1.82) is 0 Å². The van der Waals surface area contributed by atoms with E-state index in [0.717, 1.165) is 50.3 Å². The number of amides is 1. The van der Waals surface area contributed by atoms with Crippen molar-refractivity contribution in [1.82, 2.24) is 10.3 Å². The average Bonchev–Trinajstić information content (AvgIpc) is 2.49. The van der Waals surface area contributed by atoms with Crippen molar-refractivity contribution in [3.8, 4) is 0 Å². The van der Waals surface area contributed by atoms with E-state index in [1.165, 1.54) is 0 Å². The van der Waals surface area contributed by atoms with E-state index in [-0.39, 0.29) is 11.3 Å². The number of anilines is 2. The van der Waals surface area contributed by atoms with Crippen molar-refractivity contribution < 1.29 is 4.79 Å². The van der Waals surface area contributed by atoms with Gasteiger partial charge < -0.3 is 15.5 Å². The van der Waals surface area contributed by atoms with Crippen molar-refractivity contribution in [3.05, 3.63) is 18.3 Å². The molecule has 1 atom stereocenters. The van der Waals surface area contributed by atoms with Crippen LogP contribution >= 0.6 is 0 Å². The lowest BCUT2D eigenvalue weighted by Crippen LogP contribution is -2.48. The van der Waals surface area contributed by atoms with Crippen molar-refractivity contribution in [2.75, 3.05) is 37.4 Å². The Bertz CT molecular complexity index is 475. The Balaban J connectivity index is 2.19. The summed E-state index contributed by atoms with van der Waals surface area (Å²) in [4.78, 5) is 19.1. The first-order valence-electron chi connectivity index (χ1n) is 7.73. The molecule has 1 amide bonds. The minimum atomic E-state index is -0.285. The fraction of sp³-hybridized carbons (Fsp3) is 0.625. The number of carbonyl (C=O) groups excluding carboxylic acids is 1. The molecule has 2 rings (SSSR count). The predicted octanol–water partition coefficient (Wildman–Crippen LogP) is 2.26. The molecule has 1 saturated heterocycles. The maximum Gasteiger partial charge on any atom is 0.231 e. The molecule has 0 bridgehead atoms. The van der Waals surface area contributed by atoms with E-state index in [1.54, 1.807) is 6.20 Å². The average molecular weight is 290 g/mol. The number of aromatic nitrogens is 1. The van der Waals surface area contributed by atoms with Crippen LogP contribution in [0, 0.1) is 5.41 Å². The maximum atomic E-state index is 12.9. The number of hydrogen-bond acceptors (Lipinski definition) is 4. The highest BCUT2D eigenvalue weighted by molar-refractivity contribution is 5.97. The number of nitrogens with zero attached hydrogens (tertiary/aromatic N) is 2. The van der Waals surface area contributed by atoms with Crippen molar-refractivity contribution >= 4 is 17.4 Å². The zero-order chi connectivity index (χ0) is 15.3. The van der Waals surface area contributed by atoms with E-state index in [2.05, 4.69) is 22.5 Å². The second-order valence-corrected chi connectivity index (χ2v) is 6.03. The number of hydrogen-bond donors (Lipinski definition) is 2. The van der Waals surface area contributed by atoms with E-state index < -0.39 is 0 Å². The molecule has 1 fully saturated rings. The molecule has 2 N–H and O–H groups in total. The highest BCUT2D eigenvalue weighted by atomic mass is 16.2. The van der Waals surface area contributed by atoms with Gasteiger partial charge in [-0.15, -0.1) is 0 Å². The van der Waals surface area contributed by atoms with Gasteiger partial charge in [0.15, 0.2) is 5.82 Å². The van der Waals surface area contributed by atoms with Crippen LogP contribution in [0.25, 0.3) is 0 Å². The number of carbonyl (C=O) groups is 1. The predicted molar refractivity (Wildman–Crippen MR) is 86.6 cm³/mol. The van der Waals surface area contributed by atoms with E-state index in [1.807, 2.05) is 31.1 Å². The lowest BCUT2D eigenvalue weighted by atomic mass is 9.76. The van der Waals surface area contributed by atoms with Crippen LogP contribution < -0.4 is 15.5 Å². The molecule has 0 aromatic carbocycles. The van der Waals surface area contributed by atoms with Gasteiger partial charge in [-0.3, -0.25) is 4.79 Å². The molecule has 1 aromatic heterocycles. The molecule has 1 aliphatic heterocycles. The Hall–Kier alpha value is -1.62. The molecule has 0 radical (unpaired) electrons. The van der Waals surface area contributed by atoms with Gasteiger partial charge in [0.05, 0.1) is 11.1 Å². The Labute approximate surface area is 127 Å². The fourth-order valence-corrected chi connectivity index (χ4v) is 3.07. The highest BCUT2D eigenvalue weighted by Crippen LogP contribution is 2.34. The van der Waals surface area contributed by atoms with Crippen LogP contribution in [0.1, 0.15) is 32.6 Å². The molecule has 21 heavy (non-hydrogen) atoms. The van der Waals surface area contributed by atoms with Crippen LogP contribution in [0.2, 0.25) is 0 Å². The van der Waals surface area contributed by atoms with Gasteiger partial charge in [0, 0.05) is 26.8 Å². The first-order chi connectivity index (χ1) is 10.1. The zero-order valence-electron chi connectivity index (χ0n) is 13.3. The molecule has 1 aliphatic rings. The molecule has 1 aromatic rings. The summed E-state index contributed by atoms with van der Waals surface area (Å²) in [6.07, 6.45) is 5.69. The van der Waals surface area contributed by atoms with Gasteiger partial charge >= 0.3 is 0 Å². The second-order valence-electron chi connectivity index (χ2n) is 6.03. The molecular formula is C16H26N4O. The van der Waals surface area contributed by atoms with Crippen LogP contribution in [-0.4, -0.2) is 38.1 Å². The van der Waals surface area contributed by atoms with Crippen molar-refractivity contribution in [2.24, 2.45) is 5.41 Å². The van der Waals surface area contributed by atoms with Gasteiger partial charge in [-0.1, -0.05) is 13.3 Å². The summed E-state index contributed by atoms with van der Waals surface area (Å²) in [6, 6.07) is 3.77. The van der Waals surface area contributed by atoms with Gasteiger partial charge in [-0.25, -0.2) is 4.98 Å². The topological polar surface area (TPSA) is 57.3 Å². The summed E-state index contributed by atoms with van der Waals surface area (Å²) < 4.78 is 0. The third-order valence-corrected chi connectivity index (χ3v) is 4.14. The van der Waals surface area contributed by atoms with Crippen LogP contribution in [0.3, 0.4) is 0 Å². The second kappa shape index (κ2) is 6.89. The molecule has 5 nitrogen and oxygen atoms in total. The van der Waals surface area contributed by atoms with Crippen LogP contribution in [-0.2, 0) is 4.79 Å². The van der Waals surface area contributed by atoms with E-state index in [4.69, 9.17) is 0 Å². The molecule has 0 spiro atoms. The SMILES string of the molecule is CCCC1(C(=O)Nc2cccnc2N(C)C)CCCNC1. The molecule has 116 valence electrons. The standard InChI is InChI=1S/C16H26N4O/c1-4-8-16(9-6-10-17-12-16)15(21)19-13-7-5-11-18-14(13)20(2)3/h5,7,11,17H,4,6,8-10,12H2,1-3H3,(H,19,21). The zero-order valence-corrected chi connectivity index (χ0v) is 13.3. The Kier molecular flexibility index (Phi) is 5.17. The molecule has 2 heterocycles. The summed E-state index contributed by atoms with van der Waals surface area (Å²) >= 11 is 0. The van der Waals surface area contributed by atoms with E-state index in [9.17, 15) is 4.79 Å². The van der Waals surface area contributed by atoms with Crippen LogP contribution in [0.15, 0.2) is 18.3 Å². The maximum absolute atomic E-state index is 12.9. The van der Waals surface area contributed by atoms with Gasteiger partial charge in [0.1, 0.15) is 0 Å². The first kappa shape index (κ1) is 15.8.